The number of amides is 1. The number of hydrogen-bond donors (Lipinski definition) is 1. The standard InChI is InChI=1S/C25H24FN3OS.2C2HF3O2/c1-17-14-18(8-11-28-17)24(30)29-16-25(9-12-27-13-10-25)22-15-21(6-7-23(22)29)31-20-4-2-19(26)3-5-20;2*3-2(4,5)1(6)7/h2-8,11,14-15,27H,9-10,12-13,16H2,1H3;2*(H,6,7). The normalized spacial score (nSPS) is 15.2. The van der Waals surface area contributed by atoms with Crippen LogP contribution in [0.25, 0.3) is 0 Å². The van der Waals surface area contributed by atoms with Crippen LogP contribution in [0.1, 0.15) is 34.5 Å². The fourth-order valence-corrected chi connectivity index (χ4v) is 5.72. The van der Waals surface area contributed by atoms with Gasteiger partial charge in [0.25, 0.3) is 5.91 Å². The van der Waals surface area contributed by atoms with Gasteiger partial charge in [0.1, 0.15) is 17.8 Å². The minimum Gasteiger partial charge on any atom is -0.542 e. The van der Waals surface area contributed by atoms with Crippen LogP contribution in [0.5, 0.6) is 0 Å². The molecular weight excluding hydrogens is 635 g/mol. The molecule has 1 saturated heterocycles. The zero-order chi connectivity index (χ0) is 33.6. The molecule has 2 aliphatic rings. The first-order chi connectivity index (χ1) is 20.9. The molecule has 0 radical (unpaired) electrons. The van der Waals surface area contributed by atoms with E-state index in [0.717, 1.165) is 53.6 Å². The quantitative estimate of drug-likeness (QED) is 0.428. The number of nitrogens with two attached hydrogens (primary N) is 1. The van der Waals surface area contributed by atoms with E-state index in [4.69, 9.17) is 19.8 Å². The predicted octanol–water partition coefficient (Wildman–Crippen LogP) is 1.95. The second kappa shape index (κ2) is 14.3. The number of hydrogen-bond acceptors (Lipinski definition) is 6. The fourth-order valence-electron chi connectivity index (χ4n) is 4.86. The van der Waals surface area contributed by atoms with Crippen LogP contribution in [0.2, 0.25) is 0 Å². The van der Waals surface area contributed by atoms with Gasteiger partial charge in [0, 0.05) is 59.3 Å². The minimum absolute atomic E-state index is 0.00899. The summed E-state index contributed by atoms with van der Waals surface area (Å²) in [6.07, 6.45) is -6.43. The monoisotopic (exact) mass is 661 g/mol. The van der Waals surface area contributed by atoms with Gasteiger partial charge >= 0.3 is 12.4 Å². The zero-order valence-electron chi connectivity index (χ0n) is 23.4. The van der Waals surface area contributed by atoms with E-state index in [1.807, 2.05) is 42.3 Å². The number of aromatic amines is 1. The van der Waals surface area contributed by atoms with Crippen LogP contribution in [0.3, 0.4) is 0 Å². The number of alkyl halides is 6. The molecule has 3 aromatic rings. The van der Waals surface area contributed by atoms with Gasteiger partial charge < -0.3 is 30.0 Å². The summed E-state index contributed by atoms with van der Waals surface area (Å²) >= 11 is 1.64. The maximum Gasteiger partial charge on any atom is 0.430 e. The van der Waals surface area contributed by atoms with Crippen LogP contribution in [-0.4, -0.2) is 49.8 Å². The topological polar surface area (TPSA) is 131 Å². The van der Waals surface area contributed by atoms with Crippen molar-refractivity contribution in [1.82, 2.24) is 0 Å². The zero-order valence-corrected chi connectivity index (χ0v) is 24.2. The number of carbonyl (C=O) groups excluding carboxylic acids is 3. The van der Waals surface area contributed by atoms with Crippen molar-refractivity contribution in [3.8, 4) is 0 Å². The largest absolute Gasteiger partial charge is 0.542 e. The Morgan fingerprint density at radius 3 is 1.91 bits per heavy atom. The summed E-state index contributed by atoms with van der Waals surface area (Å²) in [6, 6.07) is 16.8. The highest BCUT2D eigenvalue weighted by molar-refractivity contribution is 7.99. The Kier molecular flexibility index (Phi) is 11.2. The maximum absolute atomic E-state index is 13.5. The number of quaternary nitrogens is 1. The lowest BCUT2D eigenvalue weighted by atomic mass is 9.75. The molecule has 1 amide bonds. The summed E-state index contributed by atoms with van der Waals surface area (Å²) in [4.78, 5) is 38.3. The predicted molar refractivity (Wildman–Crippen MR) is 141 cm³/mol. The van der Waals surface area contributed by atoms with E-state index in [1.54, 1.807) is 11.8 Å². The third-order valence-electron chi connectivity index (χ3n) is 6.90. The van der Waals surface area contributed by atoms with Gasteiger partial charge in [-0.3, -0.25) is 4.79 Å². The number of aryl methyl sites for hydroxylation is 1. The minimum atomic E-state index is -5.19. The van der Waals surface area contributed by atoms with Crippen LogP contribution >= 0.6 is 11.8 Å². The van der Waals surface area contributed by atoms with E-state index in [9.17, 15) is 35.5 Å². The molecule has 0 saturated carbocycles. The molecule has 8 nitrogen and oxygen atoms in total. The molecule has 242 valence electrons. The van der Waals surface area contributed by atoms with Gasteiger partial charge in [-0.2, -0.15) is 26.3 Å². The Bertz CT molecular complexity index is 1500. The summed E-state index contributed by atoms with van der Waals surface area (Å²) < 4.78 is 76.4. The first kappa shape index (κ1) is 35.3. The van der Waals surface area contributed by atoms with Crippen molar-refractivity contribution in [2.45, 2.75) is 47.3 Å². The Balaban J connectivity index is 0.000000331. The highest BCUT2D eigenvalue weighted by Crippen LogP contribution is 2.47. The van der Waals surface area contributed by atoms with Crippen LogP contribution in [0.15, 0.2) is 70.6 Å². The average molecular weight is 662 g/mol. The van der Waals surface area contributed by atoms with Gasteiger partial charge in [-0.1, -0.05) is 11.8 Å². The molecule has 5 rings (SSSR count). The van der Waals surface area contributed by atoms with Crippen molar-refractivity contribution in [1.29, 1.82) is 0 Å². The first-order valence-electron chi connectivity index (χ1n) is 13.2. The Hall–Kier alpha value is -4.18. The molecule has 1 aromatic heterocycles. The number of nitrogens with one attached hydrogen (secondary N) is 1. The molecule has 1 spiro atoms. The number of benzene rings is 2. The number of carbonyl (C=O) groups is 3. The van der Waals surface area contributed by atoms with Crippen molar-refractivity contribution < 1.29 is 65.6 Å². The number of carboxylic acid groups (broad SMARTS) is 2. The number of piperidine rings is 1. The van der Waals surface area contributed by atoms with Crippen molar-refractivity contribution in [3.63, 3.8) is 0 Å². The van der Waals surface area contributed by atoms with Gasteiger partial charge in [-0.05, 0) is 48.0 Å². The van der Waals surface area contributed by atoms with Gasteiger partial charge in [0.15, 0.2) is 11.9 Å². The second-order valence-electron chi connectivity index (χ2n) is 10.1. The summed E-state index contributed by atoms with van der Waals surface area (Å²) in [5, 5.41) is 19.9. The average Bonchev–Trinajstić information content (AvgIpc) is 3.26. The number of aliphatic carboxylic acids is 2. The molecule has 0 unspecified atom stereocenters. The number of H-pyrrole nitrogens is 1. The van der Waals surface area contributed by atoms with E-state index in [2.05, 4.69) is 28.5 Å². The summed E-state index contributed by atoms with van der Waals surface area (Å²) in [6.45, 7) is 4.86. The number of fused-ring (bicyclic) bond motifs is 2. The smallest absolute Gasteiger partial charge is 0.430 e. The number of rotatable bonds is 3. The van der Waals surface area contributed by atoms with Crippen molar-refractivity contribution >= 4 is 35.3 Å². The van der Waals surface area contributed by atoms with Crippen LogP contribution in [0.4, 0.5) is 36.4 Å². The van der Waals surface area contributed by atoms with Crippen molar-refractivity contribution in [2.75, 3.05) is 24.5 Å². The Morgan fingerprint density at radius 1 is 0.867 bits per heavy atom. The molecule has 16 heteroatoms. The molecule has 1 fully saturated rings. The fraction of sp³-hybridized carbons (Fsp3) is 0.310. The maximum atomic E-state index is 13.5. The Labute approximate surface area is 256 Å². The lowest BCUT2D eigenvalue weighted by Gasteiger charge is -2.32. The molecule has 3 heterocycles. The number of pyridine rings is 1. The highest BCUT2D eigenvalue weighted by atomic mass is 32.2. The summed E-state index contributed by atoms with van der Waals surface area (Å²) in [7, 11) is 0. The summed E-state index contributed by atoms with van der Waals surface area (Å²) in [5.41, 5.74) is 4.00. The van der Waals surface area contributed by atoms with E-state index in [1.165, 1.54) is 17.7 Å². The lowest BCUT2D eigenvalue weighted by molar-refractivity contribution is -0.665. The van der Waals surface area contributed by atoms with Gasteiger partial charge in [0.2, 0.25) is 0 Å². The van der Waals surface area contributed by atoms with Crippen molar-refractivity contribution in [3.05, 3.63) is 83.4 Å². The van der Waals surface area contributed by atoms with E-state index >= 15 is 0 Å². The van der Waals surface area contributed by atoms with Crippen LogP contribution in [0, 0.1) is 12.7 Å². The first-order valence-corrected chi connectivity index (χ1v) is 14.0. The molecule has 3 N–H and O–H groups in total. The number of aromatic nitrogens is 1. The second-order valence-corrected chi connectivity index (χ2v) is 11.3. The van der Waals surface area contributed by atoms with Gasteiger partial charge in [0.05, 0.1) is 18.7 Å². The number of carboxylic acids is 2. The van der Waals surface area contributed by atoms with E-state index < -0.39 is 24.3 Å². The van der Waals surface area contributed by atoms with Gasteiger partial charge in [-0.15, -0.1) is 0 Å². The highest BCUT2D eigenvalue weighted by Gasteiger charge is 2.46. The van der Waals surface area contributed by atoms with Crippen LogP contribution < -0.4 is 25.4 Å². The third kappa shape index (κ3) is 9.41. The molecule has 2 aliphatic heterocycles. The number of halogens is 7. The van der Waals surface area contributed by atoms with Gasteiger partial charge in [-0.25, -0.2) is 9.37 Å². The van der Waals surface area contributed by atoms with Crippen LogP contribution in [-0.2, 0) is 15.0 Å². The Morgan fingerprint density at radius 2 is 1.40 bits per heavy atom. The summed E-state index contributed by atoms with van der Waals surface area (Å²) in [5.74, 6) is -6.18. The lowest BCUT2D eigenvalue weighted by Crippen LogP contribution is -2.87. The molecule has 0 aliphatic carbocycles. The number of anilines is 1. The van der Waals surface area contributed by atoms with E-state index in [-0.39, 0.29) is 17.1 Å². The SMILES string of the molecule is Cc1cc(C(=O)N2CC3(CC[NH2+]CC3)c3cc(Sc4ccc(F)cc4)ccc32)cc[nH+]1.O=C([O-])C(F)(F)F.O=C([O-])C(F)(F)F. The van der Waals surface area contributed by atoms with Crippen molar-refractivity contribution in [2.24, 2.45) is 0 Å². The molecule has 2 aromatic carbocycles. The number of nitrogens with zero attached hydrogens (tertiary/aromatic N) is 1. The van der Waals surface area contributed by atoms with E-state index in [0.29, 0.717) is 5.56 Å². The molecule has 0 bridgehead atoms. The molecular formula is C29H26F7N3O5S. The molecule has 45 heavy (non-hydrogen) atoms. The third-order valence-corrected chi connectivity index (χ3v) is 7.89. The molecule has 0 atom stereocenters.